The Morgan fingerprint density at radius 3 is 2.79 bits per heavy atom. The van der Waals surface area contributed by atoms with Crippen molar-refractivity contribution in [3.05, 3.63) is 53.2 Å². The number of likely N-dealkylation sites (tertiary alicyclic amines) is 1. The summed E-state index contributed by atoms with van der Waals surface area (Å²) in [5.41, 5.74) is 3.87. The molecule has 0 spiro atoms. The molecular formula is C27H31N3O2S. The Balaban J connectivity index is 1.30. The zero-order valence-corrected chi connectivity index (χ0v) is 19.7. The second-order valence-corrected chi connectivity index (χ2v) is 9.99. The van der Waals surface area contributed by atoms with Gasteiger partial charge in [0, 0.05) is 31.1 Å². The van der Waals surface area contributed by atoms with E-state index in [1.165, 1.54) is 32.1 Å². The topological polar surface area (TPSA) is 65.5 Å². The van der Waals surface area contributed by atoms with Gasteiger partial charge in [-0.2, -0.15) is 11.3 Å². The number of amides is 1. The second-order valence-electron chi connectivity index (χ2n) is 9.21. The van der Waals surface area contributed by atoms with Crippen LogP contribution in [0.1, 0.15) is 44.9 Å². The van der Waals surface area contributed by atoms with Gasteiger partial charge < -0.3 is 15.3 Å². The first-order valence-corrected chi connectivity index (χ1v) is 13.0. The van der Waals surface area contributed by atoms with Gasteiger partial charge in [-0.05, 0) is 83.8 Å². The van der Waals surface area contributed by atoms with Gasteiger partial charge in [-0.15, -0.1) is 0 Å². The van der Waals surface area contributed by atoms with Gasteiger partial charge in [-0.1, -0.05) is 25.0 Å². The van der Waals surface area contributed by atoms with Crippen LogP contribution in [-0.4, -0.2) is 40.0 Å². The molecule has 1 saturated heterocycles. The van der Waals surface area contributed by atoms with Gasteiger partial charge in [0.15, 0.2) is 0 Å². The van der Waals surface area contributed by atoms with Gasteiger partial charge in [0.25, 0.3) is 0 Å². The number of pyridine rings is 1. The van der Waals surface area contributed by atoms with Crippen molar-refractivity contribution in [2.45, 2.75) is 51.0 Å². The largest absolute Gasteiger partial charge is 0.508 e. The van der Waals surface area contributed by atoms with E-state index in [-0.39, 0.29) is 11.7 Å². The third-order valence-electron chi connectivity index (χ3n) is 7.03. The number of aromatic hydroxyl groups is 1. The summed E-state index contributed by atoms with van der Waals surface area (Å²) in [4.78, 5) is 20.0. The van der Waals surface area contributed by atoms with Crippen molar-refractivity contribution in [1.29, 1.82) is 0 Å². The van der Waals surface area contributed by atoms with Gasteiger partial charge in [-0.25, -0.2) is 4.98 Å². The average molecular weight is 462 g/mol. The highest BCUT2D eigenvalue weighted by molar-refractivity contribution is 7.08. The maximum atomic E-state index is 13.1. The molecule has 2 fully saturated rings. The molecule has 2 unspecified atom stereocenters. The van der Waals surface area contributed by atoms with E-state index in [1.54, 1.807) is 23.5 Å². The molecule has 5 rings (SSSR count). The number of benzene rings is 1. The fraction of sp³-hybridized carbons (Fsp3) is 0.407. The molecule has 1 amide bonds. The van der Waals surface area contributed by atoms with E-state index < -0.39 is 0 Å². The number of carbonyl (C=O) groups excluding carboxylic acids is 1. The zero-order chi connectivity index (χ0) is 22.6. The molecule has 0 radical (unpaired) electrons. The highest BCUT2D eigenvalue weighted by atomic mass is 32.1. The van der Waals surface area contributed by atoms with Gasteiger partial charge >= 0.3 is 0 Å². The second kappa shape index (κ2) is 9.96. The van der Waals surface area contributed by atoms with Gasteiger partial charge in [0.05, 0.1) is 5.69 Å². The monoisotopic (exact) mass is 461 g/mol. The Hall–Kier alpha value is -2.86. The number of hydrogen-bond donors (Lipinski definition) is 2. The van der Waals surface area contributed by atoms with Crippen molar-refractivity contribution in [1.82, 2.24) is 9.88 Å². The molecule has 1 aliphatic heterocycles. The Morgan fingerprint density at radius 2 is 1.94 bits per heavy atom. The average Bonchev–Trinajstić information content (AvgIpc) is 3.39. The summed E-state index contributed by atoms with van der Waals surface area (Å²) in [7, 11) is 0. The fourth-order valence-electron chi connectivity index (χ4n) is 5.41. The van der Waals surface area contributed by atoms with Gasteiger partial charge in [-0.3, -0.25) is 4.79 Å². The van der Waals surface area contributed by atoms with Crippen LogP contribution < -0.4 is 5.32 Å². The van der Waals surface area contributed by atoms with Crippen LogP contribution in [0.15, 0.2) is 53.2 Å². The van der Waals surface area contributed by atoms with Crippen LogP contribution in [0.2, 0.25) is 0 Å². The number of aromatic nitrogens is 1. The van der Waals surface area contributed by atoms with Crippen LogP contribution in [0.5, 0.6) is 5.75 Å². The standard InChI is InChI=1S/C27H31N3O2S/c31-23-8-3-6-20(15-23)24-16-22(21-11-14-33-18-21)17-26(29-24)28-12-10-27(32)30-13-4-7-19-5-1-2-9-25(19)30/h3,6,8,11,14-19,25,31H,1-2,4-5,7,9-10,12-13H2,(H,28,29). The molecule has 2 aliphatic rings. The number of hydrogen-bond acceptors (Lipinski definition) is 5. The molecule has 2 atom stereocenters. The van der Waals surface area contributed by atoms with E-state index in [0.717, 1.165) is 41.2 Å². The Labute approximate surface area is 199 Å². The molecule has 2 N–H and O–H groups in total. The maximum absolute atomic E-state index is 13.1. The lowest BCUT2D eigenvalue weighted by Gasteiger charge is -2.44. The molecule has 3 aromatic rings. The molecule has 1 saturated carbocycles. The summed E-state index contributed by atoms with van der Waals surface area (Å²) in [6, 6.07) is 13.8. The summed E-state index contributed by atoms with van der Waals surface area (Å²) >= 11 is 1.66. The zero-order valence-electron chi connectivity index (χ0n) is 18.9. The van der Waals surface area contributed by atoms with Crippen molar-refractivity contribution in [3.63, 3.8) is 0 Å². The summed E-state index contributed by atoms with van der Waals surface area (Å²) in [5, 5.41) is 17.5. The number of anilines is 1. The minimum atomic E-state index is 0.220. The Bertz CT molecular complexity index is 1100. The summed E-state index contributed by atoms with van der Waals surface area (Å²) in [6.45, 7) is 1.47. The highest BCUT2D eigenvalue weighted by Gasteiger charge is 2.35. The molecule has 172 valence electrons. The first-order valence-electron chi connectivity index (χ1n) is 12.0. The lowest BCUT2D eigenvalue weighted by Crippen LogP contribution is -2.49. The molecule has 0 bridgehead atoms. The molecular weight excluding hydrogens is 430 g/mol. The van der Waals surface area contributed by atoms with Crippen molar-refractivity contribution in [2.24, 2.45) is 5.92 Å². The molecule has 5 nitrogen and oxygen atoms in total. The van der Waals surface area contributed by atoms with Gasteiger partial charge in [0.2, 0.25) is 5.91 Å². The molecule has 6 heteroatoms. The van der Waals surface area contributed by atoms with Crippen LogP contribution in [0, 0.1) is 5.92 Å². The maximum Gasteiger partial charge on any atom is 0.224 e. The highest BCUT2D eigenvalue weighted by Crippen LogP contribution is 2.35. The van der Waals surface area contributed by atoms with E-state index in [0.29, 0.717) is 24.9 Å². The van der Waals surface area contributed by atoms with Crippen LogP contribution in [-0.2, 0) is 4.79 Å². The van der Waals surface area contributed by atoms with Crippen LogP contribution in [0.4, 0.5) is 5.82 Å². The number of fused-ring (bicyclic) bond motifs is 1. The smallest absolute Gasteiger partial charge is 0.224 e. The number of phenols is 1. The SMILES string of the molecule is O=C(CCNc1cc(-c2ccsc2)cc(-c2cccc(O)c2)n1)N1CCCC2CCCCC21. The van der Waals surface area contributed by atoms with Crippen molar-refractivity contribution in [2.75, 3.05) is 18.4 Å². The van der Waals surface area contributed by atoms with E-state index in [9.17, 15) is 9.90 Å². The lowest BCUT2D eigenvalue weighted by atomic mass is 9.78. The lowest BCUT2D eigenvalue weighted by molar-refractivity contribution is -0.137. The number of thiophene rings is 1. The first kappa shape index (κ1) is 22.0. The number of nitrogens with zero attached hydrogens (tertiary/aromatic N) is 2. The number of rotatable bonds is 6. The summed E-state index contributed by atoms with van der Waals surface area (Å²) in [6.07, 6.45) is 7.92. The van der Waals surface area contributed by atoms with E-state index in [2.05, 4.69) is 27.0 Å². The fourth-order valence-corrected chi connectivity index (χ4v) is 6.07. The predicted molar refractivity (Wildman–Crippen MR) is 134 cm³/mol. The van der Waals surface area contributed by atoms with Crippen LogP contribution >= 0.6 is 11.3 Å². The number of phenolic OH excluding ortho intramolecular Hbond substituents is 1. The third-order valence-corrected chi connectivity index (χ3v) is 7.71. The molecule has 33 heavy (non-hydrogen) atoms. The quantitative estimate of drug-likeness (QED) is 0.461. The summed E-state index contributed by atoms with van der Waals surface area (Å²) in [5.74, 6) is 1.94. The van der Waals surface area contributed by atoms with Crippen molar-refractivity contribution < 1.29 is 9.90 Å². The van der Waals surface area contributed by atoms with Crippen LogP contribution in [0.25, 0.3) is 22.4 Å². The number of carbonyl (C=O) groups is 1. The molecule has 1 aromatic carbocycles. The first-order chi connectivity index (χ1) is 16.2. The minimum Gasteiger partial charge on any atom is -0.508 e. The van der Waals surface area contributed by atoms with Crippen molar-refractivity contribution >= 4 is 23.1 Å². The van der Waals surface area contributed by atoms with Crippen molar-refractivity contribution in [3.8, 4) is 28.1 Å². The predicted octanol–water partition coefficient (Wildman–Crippen LogP) is 6.17. The van der Waals surface area contributed by atoms with E-state index in [1.807, 2.05) is 24.3 Å². The minimum absolute atomic E-state index is 0.220. The molecule has 2 aromatic heterocycles. The van der Waals surface area contributed by atoms with E-state index >= 15 is 0 Å². The normalized spacial score (nSPS) is 20.3. The number of piperidine rings is 1. The Kier molecular flexibility index (Phi) is 6.63. The molecule has 1 aliphatic carbocycles. The Morgan fingerprint density at radius 1 is 1.06 bits per heavy atom. The summed E-state index contributed by atoms with van der Waals surface area (Å²) < 4.78 is 0. The molecule has 3 heterocycles. The number of nitrogens with one attached hydrogen (secondary N) is 1. The van der Waals surface area contributed by atoms with E-state index in [4.69, 9.17) is 4.98 Å². The van der Waals surface area contributed by atoms with Gasteiger partial charge in [0.1, 0.15) is 11.6 Å². The van der Waals surface area contributed by atoms with Crippen LogP contribution in [0.3, 0.4) is 0 Å². The third kappa shape index (κ3) is 5.06.